The van der Waals surface area contributed by atoms with Gasteiger partial charge in [-0.2, -0.15) is 10.2 Å². The number of hydrogen-bond donors (Lipinski definition) is 0. The predicted molar refractivity (Wildman–Crippen MR) is 106 cm³/mol. The van der Waals surface area contributed by atoms with Crippen LogP contribution in [-0.4, -0.2) is 23.0 Å². The quantitative estimate of drug-likeness (QED) is 0.574. The van der Waals surface area contributed by atoms with Gasteiger partial charge in [0.1, 0.15) is 7.11 Å². The van der Waals surface area contributed by atoms with Gasteiger partial charge in [-0.3, -0.25) is 0 Å². The zero-order valence-electron chi connectivity index (χ0n) is 14.4. The van der Waals surface area contributed by atoms with Gasteiger partial charge >= 0.3 is 0 Å². The molecule has 0 N–H and O–H groups in total. The Morgan fingerprint density at radius 1 is 1.00 bits per heavy atom. The Kier molecular flexibility index (Phi) is 4.80. The van der Waals surface area contributed by atoms with Gasteiger partial charge in [-0.1, -0.05) is 63.6 Å². The maximum absolute atomic E-state index is 5.12. The predicted octanol–water partition coefficient (Wildman–Crippen LogP) is 4.99. The fourth-order valence-electron chi connectivity index (χ4n) is 3.39. The molecule has 0 bridgehead atoms. The number of nitrogens with zero attached hydrogens (tertiary/aromatic N) is 3. The molecular formula is C21H18BrN3O. The molecule has 1 aromatic heterocycles. The van der Waals surface area contributed by atoms with Crippen LogP contribution in [-0.2, 0) is 11.3 Å². The van der Waals surface area contributed by atoms with Gasteiger partial charge in [0.05, 0.1) is 17.1 Å². The number of halogens is 1. The Morgan fingerprint density at radius 2 is 1.77 bits per heavy atom. The molecule has 0 saturated heterocycles. The van der Waals surface area contributed by atoms with E-state index in [2.05, 4.69) is 61.6 Å². The van der Waals surface area contributed by atoms with Gasteiger partial charge in [0.15, 0.2) is 0 Å². The summed E-state index contributed by atoms with van der Waals surface area (Å²) < 4.78 is 1.04. The van der Waals surface area contributed by atoms with Gasteiger partial charge in [-0.25, -0.2) is 0 Å². The summed E-state index contributed by atoms with van der Waals surface area (Å²) in [6.45, 7) is 0. The van der Waals surface area contributed by atoms with Crippen molar-refractivity contribution in [1.82, 2.24) is 10.2 Å². The van der Waals surface area contributed by atoms with Crippen LogP contribution in [0.25, 0.3) is 11.3 Å². The zero-order chi connectivity index (χ0) is 17.9. The van der Waals surface area contributed by atoms with E-state index in [1.54, 1.807) is 7.11 Å². The molecule has 1 aliphatic carbocycles. The molecule has 0 aliphatic heterocycles. The molecule has 5 heteroatoms. The Bertz CT molecular complexity index is 939. The maximum Gasteiger partial charge on any atom is 0.106 e. The number of aromatic nitrogens is 2. The van der Waals surface area contributed by atoms with Crippen molar-refractivity contribution in [2.75, 3.05) is 7.11 Å². The molecule has 1 atom stereocenters. The van der Waals surface area contributed by atoms with Crippen molar-refractivity contribution >= 4 is 21.6 Å². The van der Waals surface area contributed by atoms with E-state index >= 15 is 0 Å². The molecule has 0 amide bonds. The van der Waals surface area contributed by atoms with Gasteiger partial charge in [0.25, 0.3) is 0 Å². The van der Waals surface area contributed by atoms with E-state index in [0.717, 1.165) is 45.5 Å². The minimum absolute atomic E-state index is 0.338. The third kappa shape index (κ3) is 3.40. The molecule has 1 unspecified atom stereocenters. The van der Waals surface area contributed by atoms with Gasteiger partial charge in [-0.05, 0) is 36.1 Å². The standard InChI is InChI=1S/C21H18BrN3O/c1-26-25-21-12-16(14-5-3-2-4-6-14)11-20-18(21)13-19(23-24-20)15-7-9-17(22)10-8-15/h2-10,13,16H,11-12H2,1H3/b25-21+. The second-order valence-electron chi connectivity index (χ2n) is 6.33. The van der Waals surface area contributed by atoms with Crippen LogP contribution in [0.4, 0.5) is 0 Å². The highest BCUT2D eigenvalue weighted by atomic mass is 79.9. The van der Waals surface area contributed by atoms with E-state index < -0.39 is 0 Å². The monoisotopic (exact) mass is 407 g/mol. The van der Waals surface area contributed by atoms with Crippen LogP contribution in [0.2, 0.25) is 0 Å². The first-order valence-electron chi connectivity index (χ1n) is 8.52. The van der Waals surface area contributed by atoms with Gasteiger partial charge in [0.2, 0.25) is 0 Å². The lowest BCUT2D eigenvalue weighted by Gasteiger charge is -2.25. The van der Waals surface area contributed by atoms with E-state index in [1.165, 1.54) is 5.56 Å². The largest absolute Gasteiger partial charge is 0.399 e. The highest BCUT2D eigenvalue weighted by molar-refractivity contribution is 9.10. The second kappa shape index (κ2) is 7.38. The number of rotatable bonds is 3. The van der Waals surface area contributed by atoms with Crippen LogP contribution in [0.5, 0.6) is 0 Å². The molecule has 3 aromatic rings. The summed E-state index contributed by atoms with van der Waals surface area (Å²) in [5.74, 6) is 0.338. The second-order valence-corrected chi connectivity index (χ2v) is 7.25. The fraction of sp³-hybridized carbons (Fsp3) is 0.190. The normalized spacial score (nSPS) is 17.8. The molecule has 2 aromatic carbocycles. The van der Waals surface area contributed by atoms with E-state index in [9.17, 15) is 0 Å². The molecule has 26 heavy (non-hydrogen) atoms. The number of oxime groups is 1. The topological polar surface area (TPSA) is 47.4 Å². The minimum atomic E-state index is 0.338. The van der Waals surface area contributed by atoms with Crippen LogP contribution in [0.3, 0.4) is 0 Å². The lowest BCUT2D eigenvalue weighted by molar-refractivity contribution is 0.212. The van der Waals surface area contributed by atoms with E-state index in [1.807, 2.05) is 30.3 Å². The summed E-state index contributed by atoms with van der Waals surface area (Å²) in [5.41, 5.74) is 6.11. The smallest absolute Gasteiger partial charge is 0.106 e. The Labute approximate surface area is 161 Å². The fourth-order valence-corrected chi connectivity index (χ4v) is 3.65. The Morgan fingerprint density at radius 3 is 2.50 bits per heavy atom. The molecular weight excluding hydrogens is 390 g/mol. The summed E-state index contributed by atoms with van der Waals surface area (Å²) in [4.78, 5) is 5.12. The summed E-state index contributed by atoms with van der Waals surface area (Å²) in [5, 5.41) is 13.3. The first kappa shape index (κ1) is 16.9. The number of hydrogen-bond acceptors (Lipinski definition) is 4. The molecule has 0 fully saturated rings. The summed E-state index contributed by atoms with van der Waals surface area (Å²) in [7, 11) is 1.59. The van der Waals surface area contributed by atoms with Crippen molar-refractivity contribution in [3.63, 3.8) is 0 Å². The van der Waals surface area contributed by atoms with Crippen molar-refractivity contribution in [2.24, 2.45) is 5.16 Å². The highest BCUT2D eigenvalue weighted by Crippen LogP contribution is 2.33. The molecule has 130 valence electrons. The lowest BCUT2D eigenvalue weighted by Crippen LogP contribution is -2.22. The van der Waals surface area contributed by atoms with Crippen LogP contribution < -0.4 is 0 Å². The SMILES string of the molecule is CO/N=C1\CC(c2ccccc2)Cc2nnc(-c3ccc(Br)cc3)cc21. The van der Waals surface area contributed by atoms with Gasteiger partial charge < -0.3 is 4.84 Å². The maximum atomic E-state index is 5.12. The zero-order valence-corrected chi connectivity index (χ0v) is 16.0. The highest BCUT2D eigenvalue weighted by Gasteiger charge is 2.27. The van der Waals surface area contributed by atoms with Gasteiger partial charge in [-0.15, -0.1) is 0 Å². The third-order valence-corrected chi connectivity index (χ3v) is 5.20. The third-order valence-electron chi connectivity index (χ3n) is 4.67. The molecule has 0 spiro atoms. The van der Waals surface area contributed by atoms with Crippen molar-refractivity contribution < 1.29 is 4.84 Å². The minimum Gasteiger partial charge on any atom is -0.399 e. The summed E-state index contributed by atoms with van der Waals surface area (Å²) in [6.07, 6.45) is 1.69. The average molecular weight is 408 g/mol. The average Bonchev–Trinajstić information content (AvgIpc) is 2.69. The molecule has 0 radical (unpaired) electrons. The van der Waals surface area contributed by atoms with Crippen molar-refractivity contribution in [2.45, 2.75) is 18.8 Å². The first-order valence-corrected chi connectivity index (χ1v) is 9.32. The van der Waals surface area contributed by atoms with Crippen LogP contribution in [0.15, 0.2) is 70.3 Å². The van der Waals surface area contributed by atoms with Crippen LogP contribution >= 0.6 is 15.9 Å². The molecule has 0 saturated carbocycles. The molecule has 1 aliphatic rings. The molecule has 1 heterocycles. The molecule has 4 rings (SSSR count). The Balaban J connectivity index is 1.73. The first-order chi connectivity index (χ1) is 12.7. The van der Waals surface area contributed by atoms with Crippen LogP contribution in [0, 0.1) is 0 Å². The van der Waals surface area contributed by atoms with Crippen molar-refractivity contribution in [3.05, 3.63) is 82.0 Å². The van der Waals surface area contributed by atoms with Crippen molar-refractivity contribution in [1.29, 1.82) is 0 Å². The summed E-state index contributed by atoms with van der Waals surface area (Å²) in [6, 6.07) is 20.6. The Hall–Kier alpha value is -2.53. The van der Waals surface area contributed by atoms with E-state index in [4.69, 9.17) is 4.84 Å². The van der Waals surface area contributed by atoms with Crippen molar-refractivity contribution in [3.8, 4) is 11.3 Å². The number of fused-ring (bicyclic) bond motifs is 1. The van der Waals surface area contributed by atoms with Gasteiger partial charge in [0, 0.05) is 22.0 Å². The lowest BCUT2D eigenvalue weighted by atomic mass is 9.81. The number of benzene rings is 2. The van der Waals surface area contributed by atoms with E-state index in [0.29, 0.717) is 5.92 Å². The van der Waals surface area contributed by atoms with Crippen LogP contribution in [0.1, 0.15) is 29.2 Å². The molecule has 4 nitrogen and oxygen atoms in total. The summed E-state index contributed by atoms with van der Waals surface area (Å²) >= 11 is 3.47. The van der Waals surface area contributed by atoms with E-state index in [-0.39, 0.29) is 0 Å².